The standard InChI is InChI=1S/C11H10N2O3S/c14-9(15)5-6-13-8-4-2-1-3-7(8)10(16)12-11(13)17/h1-4H,5-6H2,(H,14,15)(H,12,16,17). The SMILES string of the molecule is O=C(O)CCn1c(=S)[nH]c(=O)c2ccccc21. The van der Waals surface area contributed by atoms with Crippen LogP contribution in [-0.4, -0.2) is 20.6 Å². The van der Waals surface area contributed by atoms with E-state index in [1.54, 1.807) is 28.8 Å². The monoisotopic (exact) mass is 250 g/mol. The van der Waals surface area contributed by atoms with Gasteiger partial charge in [0, 0.05) is 6.54 Å². The number of aliphatic carboxylic acids is 1. The summed E-state index contributed by atoms with van der Waals surface area (Å²) in [6, 6.07) is 6.97. The molecule has 2 aromatic rings. The fraction of sp³-hybridized carbons (Fsp3) is 0.182. The van der Waals surface area contributed by atoms with Gasteiger partial charge in [0.25, 0.3) is 5.56 Å². The maximum absolute atomic E-state index is 11.6. The first kappa shape index (κ1) is 11.5. The van der Waals surface area contributed by atoms with Crippen molar-refractivity contribution in [3.05, 3.63) is 39.4 Å². The van der Waals surface area contributed by atoms with Crippen molar-refractivity contribution in [3.8, 4) is 0 Å². The number of aryl methyl sites for hydroxylation is 1. The third kappa shape index (κ3) is 2.26. The summed E-state index contributed by atoms with van der Waals surface area (Å²) in [6.07, 6.45) is -0.0374. The van der Waals surface area contributed by atoms with E-state index in [1.807, 2.05) is 0 Å². The van der Waals surface area contributed by atoms with Crippen molar-refractivity contribution in [1.82, 2.24) is 9.55 Å². The Morgan fingerprint density at radius 1 is 1.41 bits per heavy atom. The number of hydrogen-bond donors (Lipinski definition) is 2. The number of fused-ring (bicyclic) bond motifs is 1. The van der Waals surface area contributed by atoms with Crippen molar-refractivity contribution in [2.75, 3.05) is 0 Å². The maximum Gasteiger partial charge on any atom is 0.305 e. The molecular formula is C11H10N2O3S. The van der Waals surface area contributed by atoms with Crippen LogP contribution < -0.4 is 5.56 Å². The Morgan fingerprint density at radius 2 is 2.12 bits per heavy atom. The second-order valence-corrected chi connectivity index (χ2v) is 3.96. The van der Waals surface area contributed by atoms with Crippen molar-refractivity contribution < 1.29 is 9.90 Å². The van der Waals surface area contributed by atoms with E-state index in [0.29, 0.717) is 10.9 Å². The van der Waals surface area contributed by atoms with Crippen LogP contribution in [0.2, 0.25) is 0 Å². The van der Waals surface area contributed by atoms with Gasteiger partial charge >= 0.3 is 5.97 Å². The van der Waals surface area contributed by atoms with Crippen LogP contribution in [0.3, 0.4) is 0 Å². The van der Waals surface area contributed by atoms with Crippen LogP contribution in [-0.2, 0) is 11.3 Å². The van der Waals surface area contributed by atoms with Gasteiger partial charge in [-0.1, -0.05) is 12.1 Å². The van der Waals surface area contributed by atoms with Crippen LogP contribution in [0.5, 0.6) is 0 Å². The number of carboxylic acid groups (broad SMARTS) is 1. The molecule has 0 aliphatic carbocycles. The zero-order valence-electron chi connectivity index (χ0n) is 8.84. The molecule has 0 radical (unpaired) electrons. The smallest absolute Gasteiger partial charge is 0.305 e. The van der Waals surface area contributed by atoms with Gasteiger partial charge in [-0.2, -0.15) is 0 Å². The van der Waals surface area contributed by atoms with Crippen LogP contribution in [0.15, 0.2) is 29.1 Å². The molecule has 0 spiro atoms. The normalized spacial score (nSPS) is 10.6. The summed E-state index contributed by atoms with van der Waals surface area (Å²) in [5.74, 6) is -0.901. The zero-order valence-corrected chi connectivity index (χ0v) is 9.66. The summed E-state index contributed by atoms with van der Waals surface area (Å²) < 4.78 is 1.87. The minimum Gasteiger partial charge on any atom is -0.481 e. The van der Waals surface area contributed by atoms with E-state index in [0.717, 1.165) is 0 Å². The first-order valence-corrected chi connectivity index (χ1v) is 5.44. The maximum atomic E-state index is 11.6. The van der Waals surface area contributed by atoms with Gasteiger partial charge in [0.2, 0.25) is 0 Å². The molecule has 5 nitrogen and oxygen atoms in total. The van der Waals surface area contributed by atoms with Crippen LogP contribution in [0.1, 0.15) is 6.42 Å². The van der Waals surface area contributed by atoms with E-state index in [4.69, 9.17) is 17.3 Å². The summed E-state index contributed by atoms with van der Waals surface area (Å²) >= 11 is 5.03. The first-order valence-electron chi connectivity index (χ1n) is 5.03. The number of rotatable bonds is 3. The highest BCUT2D eigenvalue weighted by Gasteiger charge is 2.06. The summed E-state index contributed by atoms with van der Waals surface area (Å²) in [5, 5.41) is 9.18. The third-order valence-corrected chi connectivity index (χ3v) is 2.78. The van der Waals surface area contributed by atoms with E-state index < -0.39 is 5.97 Å². The molecule has 2 rings (SSSR count). The Morgan fingerprint density at radius 3 is 2.82 bits per heavy atom. The van der Waals surface area contributed by atoms with Crippen molar-refractivity contribution in [2.45, 2.75) is 13.0 Å². The lowest BCUT2D eigenvalue weighted by atomic mass is 10.2. The molecule has 0 fully saturated rings. The molecule has 6 heteroatoms. The van der Waals surface area contributed by atoms with E-state index in [1.165, 1.54) is 0 Å². The number of nitrogens with one attached hydrogen (secondary N) is 1. The molecule has 0 aliphatic heterocycles. The summed E-state index contributed by atoms with van der Waals surface area (Å²) in [6.45, 7) is 0.242. The van der Waals surface area contributed by atoms with Crippen LogP contribution in [0.25, 0.3) is 10.9 Å². The quantitative estimate of drug-likeness (QED) is 0.810. The highest BCUT2D eigenvalue weighted by molar-refractivity contribution is 7.71. The predicted octanol–water partition coefficient (Wildman–Crippen LogP) is 1.53. The van der Waals surface area contributed by atoms with Crippen LogP contribution in [0, 0.1) is 4.77 Å². The largest absolute Gasteiger partial charge is 0.481 e. The highest BCUT2D eigenvalue weighted by atomic mass is 32.1. The number of aromatic amines is 1. The molecule has 17 heavy (non-hydrogen) atoms. The zero-order chi connectivity index (χ0) is 12.4. The van der Waals surface area contributed by atoms with E-state index >= 15 is 0 Å². The molecule has 0 atom stereocenters. The summed E-state index contributed by atoms with van der Waals surface area (Å²) in [4.78, 5) is 24.7. The minimum atomic E-state index is -0.901. The predicted molar refractivity (Wildman–Crippen MR) is 65.6 cm³/mol. The minimum absolute atomic E-state index is 0.0374. The number of benzene rings is 1. The van der Waals surface area contributed by atoms with Gasteiger partial charge in [-0.15, -0.1) is 0 Å². The fourth-order valence-electron chi connectivity index (χ4n) is 1.67. The molecule has 0 saturated carbocycles. The average molecular weight is 250 g/mol. The van der Waals surface area contributed by atoms with E-state index in [2.05, 4.69) is 4.98 Å². The Labute approximate surface area is 101 Å². The Kier molecular flexibility index (Phi) is 3.06. The van der Waals surface area contributed by atoms with Gasteiger partial charge in [-0.25, -0.2) is 0 Å². The van der Waals surface area contributed by atoms with Crippen LogP contribution >= 0.6 is 12.2 Å². The van der Waals surface area contributed by atoms with Crippen molar-refractivity contribution in [1.29, 1.82) is 0 Å². The summed E-state index contributed by atoms with van der Waals surface area (Å²) in [7, 11) is 0. The molecule has 0 saturated heterocycles. The Bertz CT molecular complexity index is 687. The van der Waals surface area contributed by atoms with Crippen molar-refractivity contribution in [3.63, 3.8) is 0 Å². The fourth-order valence-corrected chi connectivity index (χ4v) is 1.95. The molecular weight excluding hydrogens is 240 g/mol. The topological polar surface area (TPSA) is 75.1 Å². The summed E-state index contributed by atoms with van der Waals surface area (Å²) in [5.41, 5.74) is 0.402. The molecule has 0 aliphatic rings. The van der Waals surface area contributed by atoms with Gasteiger partial charge in [0.15, 0.2) is 4.77 Å². The van der Waals surface area contributed by atoms with Gasteiger partial charge in [-0.05, 0) is 24.4 Å². The average Bonchev–Trinajstić information content (AvgIpc) is 2.28. The number of H-pyrrole nitrogens is 1. The number of carbonyl (C=O) groups is 1. The van der Waals surface area contributed by atoms with Gasteiger partial charge in [-0.3, -0.25) is 14.6 Å². The molecule has 1 aromatic heterocycles. The second-order valence-electron chi connectivity index (χ2n) is 3.57. The number of hydrogen-bond acceptors (Lipinski definition) is 3. The van der Waals surface area contributed by atoms with Crippen LogP contribution in [0.4, 0.5) is 0 Å². The lowest BCUT2D eigenvalue weighted by molar-refractivity contribution is -0.137. The van der Waals surface area contributed by atoms with Gasteiger partial charge in [0.1, 0.15) is 0 Å². The molecule has 88 valence electrons. The number of aromatic nitrogens is 2. The number of para-hydroxylation sites is 1. The van der Waals surface area contributed by atoms with Crippen molar-refractivity contribution >= 4 is 29.1 Å². The number of carboxylic acids is 1. The molecule has 0 unspecified atom stereocenters. The molecule has 2 N–H and O–H groups in total. The van der Waals surface area contributed by atoms with Crippen molar-refractivity contribution in [2.24, 2.45) is 0 Å². The number of nitrogens with zero attached hydrogens (tertiary/aromatic N) is 1. The van der Waals surface area contributed by atoms with E-state index in [9.17, 15) is 9.59 Å². The molecule has 1 aromatic carbocycles. The molecule has 0 amide bonds. The third-order valence-electron chi connectivity index (χ3n) is 2.45. The lowest BCUT2D eigenvalue weighted by Crippen LogP contribution is -2.15. The molecule has 1 heterocycles. The molecule has 0 bridgehead atoms. The second kappa shape index (κ2) is 4.50. The Balaban J connectivity index is 2.65. The Hall–Kier alpha value is -1.95. The van der Waals surface area contributed by atoms with E-state index in [-0.39, 0.29) is 23.3 Å². The highest BCUT2D eigenvalue weighted by Crippen LogP contribution is 2.10. The van der Waals surface area contributed by atoms with Gasteiger partial charge < -0.3 is 9.67 Å². The first-order chi connectivity index (χ1) is 8.09. The lowest BCUT2D eigenvalue weighted by Gasteiger charge is -2.09. The van der Waals surface area contributed by atoms with Gasteiger partial charge in [0.05, 0.1) is 17.3 Å².